The van der Waals surface area contributed by atoms with E-state index in [4.69, 9.17) is 5.11 Å². The van der Waals surface area contributed by atoms with E-state index in [-0.39, 0.29) is 79.9 Å². The Morgan fingerprint density at radius 3 is 1.38 bits per heavy atom. The normalized spacial score (nSPS) is 10.7. The summed E-state index contributed by atoms with van der Waals surface area (Å²) in [7, 11) is 0. The Hall–Kier alpha value is -3.34. The fourth-order valence-corrected chi connectivity index (χ4v) is 3.41. The molecule has 0 atom stereocenters. The van der Waals surface area contributed by atoms with E-state index in [1.54, 1.807) is 13.8 Å². The third-order valence-corrected chi connectivity index (χ3v) is 5.29. The summed E-state index contributed by atoms with van der Waals surface area (Å²) in [5.74, 6) is -3.01. The number of rotatable bonds is 10. The minimum atomic E-state index is -4.67. The summed E-state index contributed by atoms with van der Waals surface area (Å²) >= 11 is 0. The predicted octanol–water partition coefficient (Wildman–Crippen LogP) is 3.13. The number of esters is 2. The van der Waals surface area contributed by atoms with Gasteiger partial charge < -0.3 is 20.1 Å². The maximum absolute atomic E-state index is 12.9. The molecule has 0 aliphatic heterocycles. The second kappa shape index (κ2) is 18.2. The van der Waals surface area contributed by atoms with E-state index in [1.807, 2.05) is 0 Å². The molecule has 0 bridgehead atoms. The molecule has 228 valence electrons. The standard InChI is InChI=1S/C14H15F3O3.C13H13F3O4.Li.H2O/c1-3-20-13(19)7-6-10-4-5-11(9(2)18)8-12(10)14(15,16)17;1-2-20-11(17)6-5-8-3-4-9(12(18)19)7-10(8)13(14,15)16;;/h4-5,8H,3,6-7H2,1-2H3;3-4,7H,2,5-6H2,1H3,(H,18,19);;1H2/q;;+1;/p-1. The van der Waals surface area contributed by atoms with E-state index in [2.05, 4.69) is 9.47 Å². The fraction of sp³-hybridized carbons (Fsp3) is 0.407. The molecule has 0 saturated heterocycles. The van der Waals surface area contributed by atoms with Crippen molar-refractivity contribution < 1.29 is 84.4 Å². The molecule has 0 aliphatic rings. The topological polar surface area (TPSA) is 137 Å². The van der Waals surface area contributed by atoms with Crippen molar-refractivity contribution in [1.29, 1.82) is 0 Å². The summed E-state index contributed by atoms with van der Waals surface area (Å²) in [5, 5.41) is 8.71. The van der Waals surface area contributed by atoms with Gasteiger partial charge in [-0.05, 0) is 62.9 Å². The monoisotopic (exact) mass is 602 g/mol. The van der Waals surface area contributed by atoms with Crippen LogP contribution in [0.4, 0.5) is 26.3 Å². The molecule has 0 saturated carbocycles. The van der Waals surface area contributed by atoms with Gasteiger partial charge in [0, 0.05) is 18.4 Å². The smallest absolute Gasteiger partial charge is 0.870 e. The van der Waals surface area contributed by atoms with E-state index < -0.39 is 52.7 Å². The number of Topliss-reactive ketones (excluding diaryl/α,β-unsaturated/α-hetero) is 1. The number of hydrogen-bond acceptors (Lipinski definition) is 7. The summed E-state index contributed by atoms with van der Waals surface area (Å²) in [5.41, 5.74) is -2.52. The summed E-state index contributed by atoms with van der Waals surface area (Å²) in [4.78, 5) is 44.2. The van der Waals surface area contributed by atoms with Crippen LogP contribution in [0.1, 0.15) is 76.6 Å². The zero-order valence-corrected chi connectivity index (χ0v) is 23.3. The molecule has 2 aromatic carbocycles. The Balaban J connectivity index is 0. The van der Waals surface area contributed by atoms with Gasteiger partial charge in [-0.3, -0.25) is 14.4 Å². The summed E-state index contributed by atoms with van der Waals surface area (Å²) < 4.78 is 86.7. The maximum Gasteiger partial charge on any atom is 1.00 e. The third-order valence-electron chi connectivity index (χ3n) is 5.29. The number of aryl methyl sites for hydroxylation is 2. The van der Waals surface area contributed by atoms with E-state index >= 15 is 0 Å². The zero-order chi connectivity index (χ0) is 30.7. The summed E-state index contributed by atoms with van der Waals surface area (Å²) in [6.07, 6.45) is -9.79. The number of hydrogen-bond donors (Lipinski definition) is 1. The first-order valence-electron chi connectivity index (χ1n) is 12.0. The molecule has 42 heavy (non-hydrogen) atoms. The minimum Gasteiger partial charge on any atom is -0.870 e. The van der Waals surface area contributed by atoms with E-state index in [0.717, 1.165) is 18.2 Å². The second-order valence-corrected chi connectivity index (χ2v) is 8.21. The van der Waals surface area contributed by atoms with Crippen molar-refractivity contribution in [2.45, 2.75) is 58.8 Å². The van der Waals surface area contributed by atoms with Crippen LogP contribution in [-0.4, -0.2) is 47.5 Å². The van der Waals surface area contributed by atoms with Crippen LogP contribution in [0.3, 0.4) is 0 Å². The molecule has 0 spiro atoms. The van der Waals surface area contributed by atoms with Crippen molar-refractivity contribution in [1.82, 2.24) is 0 Å². The van der Waals surface area contributed by atoms with Crippen LogP contribution < -0.4 is 18.9 Å². The second-order valence-electron chi connectivity index (χ2n) is 8.21. The van der Waals surface area contributed by atoms with Gasteiger partial charge in [-0.1, -0.05) is 18.2 Å². The number of ether oxygens (including phenoxy) is 2. The molecule has 0 heterocycles. The SMILES string of the molecule is CCOC(=O)CCc1ccc(C(=O)O)cc1C(F)(F)F.CCOC(=O)CCc1ccc(C(C)=O)cc1C(F)(F)F.[Li+].[OH-]. The Labute approximate surface area is 249 Å². The molecular formula is C27H29F6LiO8. The molecule has 0 aliphatic carbocycles. The first-order chi connectivity index (χ1) is 18.5. The van der Waals surface area contributed by atoms with Gasteiger partial charge in [-0.15, -0.1) is 0 Å². The molecule has 0 aromatic heterocycles. The largest absolute Gasteiger partial charge is 1.00 e. The van der Waals surface area contributed by atoms with E-state index in [0.29, 0.717) is 6.07 Å². The van der Waals surface area contributed by atoms with Crippen LogP contribution in [0.25, 0.3) is 0 Å². The minimum absolute atomic E-state index is 0. The number of carboxylic acid groups (broad SMARTS) is 1. The Kier molecular flexibility index (Phi) is 17.7. The first-order valence-corrected chi connectivity index (χ1v) is 12.0. The van der Waals surface area contributed by atoms with Crippen LogP contribution >= 0.6 is 0 Å². The molecule has 2 N–H and O–H groups in total. The van der Waals surface area contributed by atoms with Crippen molar-refractivity contribution in [3.63, 3.8) is 0 Å². The zero-order valence-electron chi connectivity index (χ0n) is 23.3. The Bertz CT molecular complexity index is 1120. The van der Waals surface area contributed by atoms with Gasteiger partial charge in [0.25, 0.3) is 0 Å². The van der Waals surface area contributed by atoms with Crippen LogP contribution in [0.15, 0.2) is 36.4 Å². The fourth-order valence-electron chi connectivity index (χ4n) is 3.41. The van der Waals surface area contributed by atoms with Crippen molar-refractivity contribution in [3.8, 4) is 0 Å². The Morgan fingerprint density at radius 2 is 1.07 bits per heavy atom. The molecule has 15 heteroatoms. The molecule has 8 nitrogen and oxygen atoms in total. The Morgan fingerprint density at radius 1 is 0.714 bits per heavy atom. The van der Waals surface area contributed by atoms with Gasteiger partial charge in [-0.2, -0.15) is 26.3 Å². The number of aromatic carboxylic acids is 1. The number of benzene rings is 2. The molecule has 2 aromatic rings. The molecule has 0 radical (unpaired) electrons. The average Bonchev–Trinajstić information content (AvgIpc) is 2.85. The van der Waals surface area contributed by atoms with E-state index in [9.17, 15) is 45.5 Å². The number of carboxylic acids is 1. The van der Waals surface area contributed by atoms with Crippen molar-refractivity contribution in [2.75, 3.05) is 13.2 Å². The molecule has 0 amide bonds. The first kappa shape index (κ1) is 40.8. The number of ketones is 1. The predicted molar refractivity (Wildman–Crippen MR) is 132 cm³/mol. The van der Waals surface area contributed by atoms with E-state index in [1.165, 1.54) is 19.1 Å². The van der Waals surface area contributed by atoms with Gasteiger partial charge in [0.1, 0.15) is 0 Å². The van der Waals surface area contributed by atoms with Gasteiger partial charge >= 0.3 is 49.1 Å². The molecular weight excluding hydrogens is 573 g/mol. The van der Waals surface area contributed by atoms with Crippen molar-refractivity contribution in [2.24, 2.45) is 0 Å². The molecule has 0 unspecified atom stereocenters. The third kappa shape index (κ3) is 13.5. The van der Waals surface area contributed by atoms with Crippen LogP contribution in [-0.2, 0) is 44.3 Å². The molecule has 0 fully saturated rings. The van der Waals surface area contributed by atoms with Crippen molar-refractivity contribution in [3.05, 3.63) is 69.8 Å². The number of carbonyl (C=O) groups is 4. The number of halogens is 6. The summed E-state index contributed by atoms with van der Waals surface area (Å²) in [6, 6.07) is 6.12. The maximum atomic E-state index is 12.9. The average molecular weight is 602 g/mol. The van der Waals surface area contributed by atoms with Crippen LogP contribution in [0.2, 0.25) is 0 Å². The van der Waals surface area contributed by atoms with Crippen LogP contribution in [0, 0.1) is 0 Å². The quantitative estimate of drug-likeness (QED) is 0.190. The summed E-state index contributed by atoms with van der Waals surface area (Å²) in [6.45, 7) is 4.77. The van der Waals surface area contributed by atoms with Crippen molar-refractivity contribution >= 4 is 23.7 Å². The van der Waals surface area contributed by atoms with Crippen LogP contribution in [0.5, 0.6) is 0 Å². The molecule has 2 rings (SSSR count). The number of carbonyl (C=O) groups excluding carboxylic acids is 3. The van der Waals surface area contributed by atoms with Gasteiger partial charge in [-0.25, -0.2) is 4.79 Å². The van der Waals surface area contributed by atoms with Gasteiger partial charge in [0.15, 0.2) is 5.78 Å². The van der Waals surface area contributed by atoms with Gasteiger partial charge in [0.2, 0.25) is 0 Å². The van der Waals surface area contributed by atoms with Gasteiger partial charge in [0.05, 0.1) is 29.9 Å². The number of alkyl halides is 6.